The summed E-state index contributed by atoms with van der Waals surface area (Å²) in [5, 5.41) is 13.2. The number of amides is 2. The van der Waals surface area contributed by atoms with E-state index in [1.54, 1.807) is 13.2 Å². The Kier molecular flexibility index (Phi) is 10.9. The highest BCUT2D eigenvalue weighted by Gasteiger charge is 2.23. The van der Waals surface area contributed by atoms with E-state index in [1.807, 2.05) is 42.5 Å². The normalized spacial score (nSPS) is 17.2. The smallest absolute Gasteiger partial charge is 0.221 e. The summed E-state index contributed by atoms with van der Waals surface area (Å²) in [6.45, 7) is 1.87. The summed E-state index contributed by atoms with van der Waals surface area (Å²) in [6.07, 6.45) is 2.61. The Morgan fingerprint density at radius 2 is 1.29 bits per heavy atom. The third kappa shape index (κ3) is 7.80. The molecule has 2 atom stereocenters. The van der Waals surface area contributed by atoms with Gasteiger partial charge in [0.05, 0.1) is 41.2 Å². The number of methoxy groups -OCH3 is 2. The van der Waals surface area contributed by atoms with Crippen molar-refractivity contribution in [3.63, 3.8) is 0 Å². The molecule has 13 heteroatoms. The summed E-state index contributed by atoms with van der Waals surface area (Å²) < 4.78 is 26.6. The fourth-order valence-electron chi connectivity index (χ4n) is 6.20. The lowest BCUT2D eigenvalue weighted by molar-refractivity contribution is -0.120. The van der Waals surface area contributed by atoms with Gasteiger partial charge in [-0.1, -0.05) is 65.7 Å². The number of ether oxygens (including phenoxy) is 2. The van der Waals surface area contributed by atoms with E-state index >= 15 is 4.39 Å². The molecule has 0 aliphatic carbocycles. The second kappa shape index (κ2) is 15.5. The van der Waals surface area contributed by atoms with Gasteiger partial charge in [0.25, 0.3) is 0 Å². The summed E-state index contributed by atoms with van der Waals surface area (Å²) in [7, 11) is 3.01. The predicted octanol–water partition coefficient (Wildman–Crippen LogP) is 5.68. The summed E-state index contributed by atoms with van der Waals surface area (Å²) in [5.41, 5.74) is 4.60. The molecule has 2 aliphatic heterocycles. The van der Waals surface area contributed by atoms with Gasteiger partial charge < -0.3 is 30.7 Å². The molecule has 256 valence electrons. The van der Waals surface area contributed by atoms with Gasteiger partial charge in [-0.2, -0.15) is 0 Å². The van der Waals surface area contributed by atoms with Gasteiger partial charge in [0.1, 0.15) is 5.82 Å². The molecule has 2 aromatic carbocycles. The first-order chi connectivity index (χ1) is 23.7. The number of benzene rings is 2. The molecule has 0 unspecified atom stereocenters. The Morgan fingerprint density at radius 1 is 0.755 bits per heavy atom. The maximum atomic E-state index is 15.5. The fraction of sp³-hybridized carbons (Fsp3) is 0.333. The summed E-state index contributed by atoms with van der Waals surface area (Å²) in [6, 6.07) is 16.4. The van der Waals surface area contributed by atoms with Crippen LogP contribution in [-0.2, 0) is 22.7 Å². The molecular formula is C36H37Cl2FN6O4. The second-order valence-corrected chi connectivity index (χ2v) is 12.8. The minimum atomic E-state index is -0.490. The number of halogens is 3. The maximum absolute atomic E-state index is 15.5. The molecule has 2 amide bonds. The zero-order valence-corrected chi connectivity index (χ0v) is 28.7. The Hall–Kier alpha value is -4.29. The summed E-state index contributed by atoms with van der Waals surface area (Å²) in [5.74, 6) is 0.226. The van der Waals surface area contributed by atoms with Crippen LogP contribution in [0, 0.1) is 5.82 Å². The van der Waals surface area contributed by atoms with Crippen molar-refractivity contribution in [1.29, 1.82) is 0 Å². The largest absolute Gasteiger partial charge is 0.481 e. The molecule has 10 nitrogen and oxygen atoms in total. The van der Waals surface area contributed by atoms with Crippen molar-refractivity contribution in [2.24, 2.45) is 0 Å². The number of hydrogen-bond donors (Lipinski definition) is 4. The summed E-state index contributed by atoms with van der Waals surface area (Å²) >= 11 is 14.0. The van der Waals surface area contributed by atoms with Crippen molar-refractivity contribution < 1.29 is 23.5 Å². The highest BCUT2D eigenvalue weighted by atomic mass is 35.5. The quantitative estimate of drug-likeness (QED) is 0.140. The molecule has 49 heavy (non-hydrogen) atoms. The van der Waals surface area contributed by atoms with Crippen LogP contribution < -0.4 is 30.7 Å². The molecule has 0 saturated carbocycles. The first-order valence-electron chi connectivity index (χ1n) is 16.1. The van der Waals surface area contributed by atoms with E-state index in [0.29, 0.717) is 82.0 Å². The predicted molar refractivity (Wildman–Crippen MR) is 187 cm³/mol. The van der Waals surface area contributed by atoms with Gasteiger partial charge in [-0.05, 0) is 18.9 Å². The monoisotopic (exact) mass is 706 g/mol. The van der Waals surface area contributed by atoms with Gasteiger partial charge >= 0.3 is 0 Å². The minimum Gasteiger partial charge on any atom is -0.481 e. The summed E-state index contributed by atoms with van der Waals surface area (Å²) in [4.78, 5) is 32.3. The SMILES string of the molecule is COc1nc(-c2cccc(-c3cccc(-c4cc(F)c(CNC[C@H]5CCC(=O)N5)c(OC)n4)c3Cl)c2Cl)ccc1CNC[C@@H]1CCC(=O)N1. The van der Waals surface area contributed by atoms with Crippen LogP contribution in [0.25, 0.3) is 33.6 Å². The third-order valence-corrected chi connectivity index (χ3v) is 9.58. The van der Waals surface area contributed by atoms with Gasteiger partial charge in [0.15, 0.2) is 0 Å². The Labute approximate surface area is 294 Å². The van der Waals surface area contributed by atoms with Crippen molar-refractivity contribution in [2.75, 3.05) is 27.3 Å². The average Bonchev–Trinajstić information content (AvgIpc) is 3.72. The van der Waals surface area contributed by atoms with E-state index in [0.717, 1.165) is 18.4 Å². The Morgan fingerprint density at radius 3 is 1.84 bits per heavy atom. The van der Waals surface area contributed by atoms with Crippen LogP contribution in [0.15, 0.2) is 54.6 Å². The van der Waals surface area contributed by atoms with Gasteiger partial charge in [-0.15, -0.1) is 0 Å². The lowest BCUT2D eigenvalue weighted by atomic mass is 9.98. The molecule has 2 aliphatic rings. The first kappa shape index (κ1) is 34.6. The molecule has 0 bridgehead atoms. The van der Waals surface area contributed by atoms with Crippen molar-refractivity contribution in [2.45, 2.75) is 50.9 Å². The van der Waals surface area contributed by atoms with E-state index < -0.39 is 5.82 Å². The number of carbonyl (C=O) groups is 2. The van der Waals surface area contributed by atoms with E-state index in [2.05, 4.69) is 26.3 Å². The van der Waals surface area contributed by atoms with Gasteiger partial charge in [-0.3, -0.25) is 9.59 Å². The van der Waals surface area contributed by atoms with Gasteiger partial charge in [-0.25, -0.2) is 14.4 Å². The van der Waals surface area contributed by atoms with Crippen LogP contribution in [0.4, 0.5) is 4.39 Å². The zero-order chi connectivity index (χ0) is 34.5. The standard InChI is InChI=1S/C36H37Cl2FN6O4/c1-48-35-20(16-40-17-21-10-13-31(46)42-21)9-12-29(44-35)25-7-3-5-23(33(25)37)24-6-4-8-26(34(24)38)30-15-28(39)27(36(45-30)49-2)19-41-18-22-11-14-32(47)43-22/h3-9,12,15,21-22,40-41H,10-11,13-14,16-19H2,1-2H3,(H,42,46)(H,43,47)/t21-,22+/m0/s1. The number of pyridine rings is 2. The molecule has 2 aromatic heterocycles. The zero-order valence-electron chi connectivity index (χ0n) is 27.2. The number of nitrogens with zero attached hydrogens (tertiary/aromatic N) is 2. The molecule has 2 saturated heterocycles. The minimum absolute atomic E-state index is 0.0129. The van der Waals surface area contributed by atoms with Crippen LogP contribution >= 0.6 is 23.2 Å². The average molecular weight is 708 g/mol. The fourth-order valence-corrected chi connectivity index (χ4v) is 6.85. The number of aromatic nitrogens is 2. The van der Waals surface area contributed by atoms with Crippen LogP contribution in [0.2, 0.25) is 10.0 Å². The lowest BCUT2D eigenvalue weighted by Crippen LogP contribution is -2.35. The van der Waals surface area contributed by atoms with Crippen molar-refractivity contribution >= 4 is 35.0 Å². The molecule has 6 rings (SSSR count). The van der Waals surface area contributed by atoms with Crippen LogP contribution in [0.5, 0.6) is 11.8 Å². The number of hydrogen-bond acceptors (Lipinski definition) is 8. The molecule has 4 aromatic rings. The number of carbonyl (C=O) groups excluding carboxylic acids is 2. The van der Waals surface area contributed by atoms with Crippen molar-refractivity contribution in [3.05, 3.63) is 81.6 Å². The lowest BCUT2D eigenvalue weighted by Gasteiger charge is -2.16. The van der Waals surface area contributed by atoms with Crippen LogP contribution in [0.1, 0.15) is 36.8 Å². The maximum Gasteiger partial charge on any atom is 0.221 e. The van der Waals surface area contributed by atoms with E-state index in [4.69, 9.17) is 37.7 Å². The number of rotatable bonds is 13. The Balaban J connectivity index is 1.22. The van der Waals surface area contributed by atoms with Crippen LogP contribution in [-0.4, -0.2) is 61.2 Å². The first-order valence-corrected chi connectivity index (χ1v) is 16.9. The highest BCUT2D eigenvalue weighted by molar-refractivity contribution is 6.39. The third-order valence-electron chi connectivity index (χ3n) is 8.77. The molecule has 4 N–H and O–H groups in total. The number of nitrogens with one attached hydrogen (secondary N) is 4. The topological polar surface area (TPSA) is 126 Å². The Bertz CT molecular complexity index is 1880. The van der Waals surface area contributed by atoms with Crippen molar-refractivity contribution in [3.8, 4) is 45.4 Å². The van der Waals surface area contributed by atoms with Crippen molar-refractivity contribution in [1.82, 2.24) is 31.2 Å². The molecule has 2 fully saturated rings. The molecule has 0 radical (unpaired) electrons. The van der Waals surface area contributed by atoms with E-state index in [9.17, 15) is 9.59 Å². The van der Waals surface area contributed by atoms with Crippen LogP contribution in [0.3, 0.4) is 0 Å². The van der Waals surface area contributed by atoms with E-state index in [-0.39, 0.29) is 41.9 Å². The highest BCUT2D eigenvalue weighted by Crippen LogP contribution is 2.42. The molecule has 4 heterocycles. The van der Waals surface area contributed by atoms with Gasteiger partial charge in [0, 0.05) is 85.0 Å². The second-order valence-electron chi connectivity index (χ2n) is 12.0. The van der Waals surface area contributed by atoms with E-state index in [1.165, 1.54) is 13.2 Å². The molecule has 0 spiro atoms. The molecular weight excluding hydrogens is 670 g/mol. The van der Waals surface area contributed by atoms with Gasteiger partial charge in [0.2, 0.25) is 23.6 Å².